The Morgan fingerprint density at radius 2 is 1.70 bits per heavy atom. The smallest absolute Gasteiger partial charge is 0.279 e. The average Bonchev–Trinajstić information content (AvgIpc) is 2.78. The van der Waals surface area contributed by atoms with Crippen LogP contribution in [0.2, 0.25) is 0 Å². The summed E-state index contributed by atoms with van der Waals surface area (Å²) >= 11 is 0. The first-order chi connectivity index (χ1) is 15.6. The molecule has 1 saturated heterocycles. The maximum Gasteiger partial charge on any atom is 0.279 e. The topological polar surface area (TPSA) is 105 Å². The predicted molar refractivity (Wildman–Crippen MR) is 120 cm³/mol. The monoisotopic (exact) mass is 477 g/mol. The van der Waals surface area contributed by atoms with Gasteiger partial charge >= 0.3 is 0 Å². The van der Waals surface area contributed by atoms with Crippen molar-refractivity contribution in [1.29, 1.82) is 0 Å². The molecular weight excluding hydrogens is 449 g/mol. The van der Waals surface area contributed by atoms with Gasteiger partial charge in [-0.25, -0.2) is 12.8 Å². The lowest BCUT2D eigenvalue weighted by Gasteiger charge is -2.31. The molecular formula is C23H28FN3O5S. The van der Waals surface area contributed by atoms with Crippen LogP contribution in [0.25, 0.3) is 0 Å². The van der Waals surface area contributed by atoms with Crippen LogP contribution in [0.1, 0.15) is 30.9 Å². The molecule has 1 fully saturated rings. The van der Waals surface area contributed by atoms with E-state index in [0.29, 0.717) is 24.2 Å². The number of benzene rings is 2. The molecule has 0 aliphatic carbocycles. The van der Waals surface area contributed by atoms with Gasteiger partial charge in [0.25, 0.3) is 5.91 Å². The molecule has 0 aromatic heterocycles. The van der Waals surface area contributed by atoms with E-state index < -0.39 is 33.8 Å². The summed E-state index contributed by atoms with van der Waals surface area (Å²) < 4.78 is 45.7. The summed E-state index contributed by atoms with van der Waals surface area (Å²) in [5.74, 6) is -1.48. The van der Waals surface area contributed by atoms with Gasteiger partial charge in [-0.2, -0.15) is 4.31 Å². The second-order valence-corrected chi connectivity index (χ2v) is 10.0. The second kappa shape index (κ2) is 10.3. The Bertz CT molecular complexity index is 1110. The van der Waals surface area contributed by atoms with Gasteiger partial charge in [-0.05, 0) is 69.5 Å². The molecule has 1 aliphatic heterocycles. The van der Waals surface area contributed by atoms with Crippen molar-refractivity contribution < 1.29 is 27.1 Å². The largest absolute Gasteiger partial charge is 0.481 e. The van der Waals surface area contributed by atoms with Gasteiger partial charge in [-0.15, -0.1) is 0 Å². The number of ether oxygens (including phenoxy) is 1. The molecule has 2 aromatic rings. The van der Waals surface area contributed by atoms with E-state index in [-0.39, 0.29) is 23.9 Å². The highest BCUT2D eigenvalue weighted by Crippen LogP contribution is 2.26. The lowest BCUT2D eigenvalue weighted by molar-refractivity contribution is -0.134. The summed E-state index contributed by atoms with van der Waals surface area (Å²) in [7, 11) is -3.64. The maximum absolute atomic E-state index is 13.0. The van der Waals surface area contributed by atoms with Crippen LogP contribution in [-0.4, -0.2) is 43.7 Å². The summed E-state index contributed by atoms with van der Waals surface area (Å²) in [4.78, 5) is 24.9. The molecule has 0 bridgehead atoms. The fraction of sp³-hybridized carbons (Fsp3) is 0.391. The van der Waals surface area contributed by atoms with Crippen molar-refractivity contribution in [3.05, 3.63) is 59.4 Å². The first-order valence-electron chi connectivity index (χ1n) is 10.7. The number of carbonyl (C=O) groups excluding carboxylic acids is 2. The Labute approximate surface area is 193 Å². The van der Waals surface area contributed by atoms with Crippen LogP contribution in [-0.2, 0) is 19.6 Å². The van der Waals surface area contributed by atoms with Crippen molar-refractivity contribution in [3.63, 3.8) is 0 Å². The number of rotatable bonds is 6. The molecule has 0 saturated carbocycles. The fourth-order valence-electron chi connectivity index (χ4n) is 3.68. The van der Waals surface area contributed by atoms with Crippen LogP contribution >= 0.6 is 0 Å². The van der Waals surface area contributed by atoms with Crippen LogP contribution in [0.3, 0.4) is 0 Å². The highest BCUT2D eigenvalue weighted by Gasteiger charge is 2.33. The van der Waals surface area contributed by atoms with Gasteiger partial charge in [0, 0.05) is 19.0 Å². The number of hydrogen-bond donors (Lipinski definition) is 2. The second-order valence-electron chi connectivity index (χ2n) is 8.14. The van der Waals surface area contributed by atoms with Gasteiger partial charge in [-0.3, -0.25) is 20.4 Å². The average molecular weight is 478 g/mol. The molecule has 33 heavy (non-hydrogen) atoms. The molecule has 3 rings (SSSR count). The van der Waals surface area contributed by atoms with Gasteiger partial charge in [0.15, 0.2) is 6.10 Å². The number of carbonyl (C=O) groups is 2. The number of hydrogen-bond acceptors (Lipinski definition) is 5. The molecule has 0 spiro atoms. The fourth-order valence-corrected chi connectivity index (χ4v) is 5.36. The number of halogens is 1. The third-order valence-corrected chi connectivity index (χ3v) is 7.64. The summed E-state index contributed by atoms with van der Waals surface area (Å²) in [5, 5.41) is 0. The van der Waals surface area contributed by atoms with Crippen LogP contribution in [0, 0.1) is 25.6 Å². The van der Waals surface area contributed by atoms with E-state index >= 15 is 0 Å². The van der Waals surface area contributed by atoms with E-state index in [2.05, 4.69) is 10.9 Å². The maximum atomic E-state index is 13.0. The van der Waals surface area contributed by atoms with Crippen molar-refractivity contribution in [2.24, 2.45) is 5.92 Å². The number of piperidine rings is 1. The number of hydrazine groups is 1. The lowest BCUT2D eigenvalue weighted by Crippen LogP contribution is -2.51. The third-order valence-electron chi connectivity index (χ3n) is 5.58. The molecule has 0 radical (unpaired) electrons. The first-order valence-corrected chi connectivity index (χ1v) is 12.1. The van der Waals surface area contributed by atoms with E-state index in [1.807, 2.05) is 13.0 Å². The Morgan fingerprint density at radius 3 is 2.30 bits per heavy atom. The molecule has 1 atom stereocenters. The van der Waals surface area contributed by atoms with Crippen molar-refractivity contribution in [2.75, 3.05) is 13.1 Å². The van der Waals surface area contributed by atoms with E-state index in [4.69, 9.17) is 4.74 Å². The molecule has 178 valence electrons. The molecule has 1 aliphatic rings. The molecule has 2 aromatic carbocycles. The summed E-state index contributed by atoms with van der Waals surface area (Å²) in [6.45, 7) is 5.60. The molecule has 1 heterocycles. The van der Waals surface area contributed by atoms with Gasteiger partial charge in [0.2, 0.25) is 15.9 Å². The first kappa shape index (κ1) is 24.7. The molecule has 2 amide bonds. The Kier molecular flexibility index (Phi) is 7.70. The van der Waals surface area contributed by atoms with E-state index in [1.165, 1.54) is 35.5 Å². The van der Waals surface area contributed by atoms with Crippen LogP contribution < -0.4 is 15.6 Å². The van der Waals surface area contributed by atoms with Gasteiger partial charge in [0.1, 0.15) is 11.6 Å². The van der Waals surface area contributed by atoms with Gasteiger partial charge in [0.05, 0.1) is 4.90 Å². The van der Waals surface area contributed by atoms with Crippen LogP contribution in [0.5, 0.6) is 5.75 Å². The Morgan fingerprint density at radius 1 is 1.06 bits per heavy atom. The quantitative estimate of drug-likeness (QED) is 0.622. The molecule has 8 nitrogen and oxygen atoms in total. The van der Waals surface area contributed by atoms with Gasteiger partial charge < -0.3 is 4.74 Å². The summed E-state index contributed by atoms with van der Waals surface area (Å²) in [6.07, 6.45) is -0.235. The Hall–Kier alpha value is -2.98. The zero-order chi connectivity index (χ0) is 24.2. The minimum Gasteiger partial charge on any atom is -0.481 e. The van der Waals surface area contributed by atoms with Gasteiger partial charge in [-0.1, -0.05) is 17.7 Å². The predicted octanol–water partition coefficient (Wildman–Crippen LogP) is 2.46. The van der Waals surface area contributed by atoms with Crippen molar-refractivity contribution in [2.45, 2.75) is 44.6 Å². The minimum absolute atomic E-state index is 0.214. The zero-order valence-corrected chi connectivity index (χ0v) is 19.6. The molecule has 10 heteroatoms. The molecule has 1 unspecified atom stereocenters. The van der Waals surface area contributed by atoms with E-state index in [1.54, 1.807) is 19.1 Å². The highest BCUT2D eigenvalue weighted by atomic mass is 32.2. The Balaban J connectivity index is 1.49. The zero-order valence-electron chi connectivity index (χ0n) is 18.8. The summed E-state index contributed by atoms with van der Waals surface area (Å²) in [6, 6.07) is 10.4. The van der Waals surface area contributed by atoms with E-state index in [0.717, 1.165) is 5.56 Å². The van der Waals surface area contributed by atoms with E-state index in [9.17, 15) is 22.4 Å². The number of nitrogens with one attached hydrogen (secondary N) is 2. The highest BCUT2D eigenvalue weighted by molar-refractivity contribution is 7.89. The number of aryl methyl sites for hydroxylation is 2. The minimum atomic E-state index is -3.64. The van der Waals surface area contributed by atoms with Crippen molar-refractivity contribution in [3.8, 4) is 5.75 Å². The van der Waals surface area contributed by atoms with Crippen LogP contribution in [0.4, 0.5) is 4.39 Å². The van der Waals surface area contributed by atoms with Crippen LogP contribution in [0.15, 0.2) is 47.4 Å². The lowest BCUT2D eigenvalue weighted by atomic mass is 9.98. The standard InChI is InChI=1S/C23H28FN3O5S/c1-15-4-9-21(16(2)14-15)33(30,31)27-12-10-18(11-13-27)23(29)26-25-22(28)17(3)32-20-7-5-19(24)6-8-20/h4-9,14,17-18H,10-13H2,1-3H3,(H,25,28)(H,26,29). The van der Waals surface area contributed by atoms with Crippen molar-refractivity contribution >= 4 is 21.8 Å². The number of amides is 2. The summed E-state index contributed by atoms with van der Waals surface area (Å²) in [5.41, 5.74) is 6.38. The number of sulfonamides is 1. The number of nitrogens with zero attached hydrogens (tertiary/aromatic N) is 1. The third kappa shape index (κ3) is 6.08. The van der Waals surface area contributed by atoms with Crippen molar-refractivity contribution in [1.82, 2.24) is 15.2 Å². The molecule has 2 N–H and O–H groups in total. The SMILES string of the molecule is Cc1ccc(S(=O)(=O)N2CCC(C(=O)NNC(=O)C(C)Oc3ccc(F)cc3)CC2)c(C)c1. The normalized spacial score (nSPS) is 16.1.